The van der Waals surface area contributed by atoms with Crippen molar-refractivity contribution >= 4 is 10.9 Å². The van der Waals surface area contributed by atoms with Crippen LogP contribution in [0.5, 0.6) is 0 Å². The molecule has 0 radical (unpaired) electrons. The molecular weight excluding hydrogens is 214 g/mol. The molecule has 88 valence electrons. The van der Waals surface area contributed by atoms with E-state index >= 15 is 0 Å². The van der Waals surface area contributed by atoms with Gasteiger partial charge in [-0.25, -0.2) is 9.97 Å². The molecule has 2 aromatic rings. The molecule has 2 aromatic heterocycles. The Morgan fingerprint density at radius 2 is 2.24 bits per heavy atom. The summed E-state index contributed by atoms with van der Waals surface area (Å²) in [6.45, 7) is 4.17. The van der Waals surface area contributed by atoms with Crippen molar-refractivity contribution in [3.8, 4) is 0 Å². The van der Waals surface area contributed by atoms with Crippen LogP contribution in [0.25, 0.3) is 10.9 Å². The molecule has 4 nitrogen and oxygen atoms in total. The lowest BCUT2D eigenvalue weighted by Crippen LogP contribution is -1.99. The minimum absolute atomic E-state index is 0.0956. The molecule has 3 heterocycles. The van der Waals surface area contributed by atoms with Crippen LogP contribution in [0.4, 0.5) is 0 Å². The fraction of sp³-hybridized carbons (Fsp3) is 0.462. The maximum Gasteiger partial charge on any atom is 0.160 e. The van der Waals surface area contributed by atoms with Crippen molar-refractivity contribution in [2.75, 3.05) is 0 Å². The zero-order valence-corrected chi connectivity index (χ0v) is 10.1. The van der Waals surface area contributed by atoms with E-state index in [1.54, 1.807) is 12.4 Å². The number of aryl methyl sites for hydroxylation is 1. The van der Waals surface area contributed by atoms with Gasteiger partial charge in [0.2, 0.25) is 0 Å². The van der Waals surface area contributed by atoms with Crippen LogP contribution in [0, 0.1) is 6.92 Å². The highest BCUT2D eigenvalue weighted by atomic mass is 16.6. The predicted octanol–water partition coefficient (Wildman–Crippen LogP) is 2.57. The number of fused-ring (bicyclic) bond motifs is 1. The molecule has 1 fully saturated rings. The van der Waals surface area contributed by atoms with Crippen LogP contribution in [0.1, 0.15) is 37.4 Å². The molecule has 0 amide bonds. The summed E-state index contributed by atoms with van der Waals surface area (Å²) >= 11 is 0. The maximum atomic E-state index is 5.60. The van der Waals surface area contributed by atoms with E-state index in [2.05, 4.69) is 21.9 Å². The molecule has 1 aliphatic rings. The maximum absolute atomic E-state index is 5.60. The first-order valence-electron chi connectivity index (χ1n) is 6.03. The number of epoxide rings is 1. The van der Waals surface area contributed by atoms with Crippen molar-refractivity contribution in [1.29, 1.82) is 0 Å². The molecule has 2 atom stereocenters. The average molecular weight is 229 g/mol. The number of ether oxygens (including phenoxy) is 1. The number of pyridine rings is 1. The second-order valence-corrected chi connectivity index (χ2v) is 4.44. The Labute approximate surface area is 100 Å². The van der Waals surface area contributed by atoms with E-state index in [1.165, 1.54) is 0 Å². The first kappa shape index (κ1) is 10.6. The van der Waals surface area contributed by atoms with Crippen molar-refractivity contribution in [3.05, 3.63) is 30.0 Å². The smallest absolute Gasteiger partial charge is 0.160 e. The van der Waals surface area contributed by atoms with Gasteiger partial charge in [-0.15, -0.1) is 0 Å². The Morgan fingerprint density at radius 1 is 1.35 bits per heavy atom. The van der Waals surface area contributed by atoms with Crippen LogP contribution in [0.2, 0.25) is 0 Å². The van der Waals surface area contributed by atoms with Gasteiger partial charge in [-0.1, -0.05) is 13.3 Å². The lowest BCUT2D eigenvalue weighted by Gasteiger charge is -2.02. The summed E-state index contributed by atoms with van der Waals surface area (Å²) in [7, 11) is 0. The summed E-state index contributed by atoms with van der Waals surface area (Å²) in [5.41, 5.74) is 1.90. The Bertz CT molecular complexity index is 555. The van der Waals surface area contributed by atoms with E-state index in [9.17, 15) is 0 Å². The minimum atomic E-state index is 0.0956. The quantitative estimate of drug-likeness (QED) is 0.759. The van der Waals surface area contributed by atoms with Crippen molar-refractivity contribution in [3.63, 3.8) is 0 Å². The first-order valence-corrected chi connectivity index (χ1v) is 6.03. The number of rotatable bonds is 3. The molecule has 0 aromatic carbocycles. The molecule has 0 spiro atoms. The lowest BCUT2D eigenvalue weighted by atomic mass is 10.2. The van der Waals surface area contributed by atoms with Gasteiger partial charge in [0.25, 0.3) is 0 Å². The fourth-order valence-corrected chi connectivity index (χ4v) is 2.16. The highest BCUT2D eigenvalue weighted by Crippen LogP contribution is 2.40. The van der Waals surface area contributed by atoms with Gasteiger partial charge in [-0.2, -0.15) is 0 Å². The minimum Gasteiger partial charge on any atom is -0.361 e. The van der Waals surface area contributed by atoms with Crippen LogP contribution < -0.4 is 0 Å². The Morgan fingerprint density at radius 3 is 3.06 bits per heavy atom. The number of hydrogen-bond donors (Lipinski definition) is 0. The standard InChI is InChI=1S/C13H15N3O/c1-3-4-11-12(17-11)13-15-8(2)9-5-6-14-7-10(9)16-13/h5-7,11-12H,3-4H2,1-2H3. The second kappa shape index (κ2) is 4.04. The third-order valence-electron chi connectivity index (χ3n) is 3.12. The van der Waals surface area contributed by atoms with Crippen LogP contribution >= 0.6 is 0 Å². The van der Waals surface area contributed by atoms with Crippen molar-refractivity contribution in [2.24, 2.45) is 0 Å². The number of nitrogens with zero attached hydrogens (tertiary/aromatic N) is 3. The largest absolute Gasteiger partial charge is 0.361 e. The Kier molecular flexibility index (Phi) is 2.52. The summed E-state index contributed by atoms with van der Waals surface area (Å²) < 4.78 is 5.60. The van der Waals surface area contributed by atoms with Gasteiger partial charge in [0.1, 0.15) is 6.10 Å². The molecule has 1 aliphatic heterocycles. The Hall–Kier alpha value is -1.55. The van der Waals surface area contributed by atoms with E-state index in [4.69, 9.17) is 4.74 Å². The van der Waals surface area contributed by atoms with Crippen LogP contribution in [0.3, 0.4) is 0 Å². The Balaban J connectivity index is 1.97. The number of hydrogen-bond acceptors (Lipinski definition) is 4. The van der Waals surface area contributed by atoms with Gasteiger partial charge in [-0.3, -0.25) is 4.98 Å². The summed E-state index contributed by atoms with van der Waals surface area (Å²) in [4.78, 5) is 13.2. The molecule has 3 rings (SSSR count). The molecule has 0 bridgehead atoms. The summed E-state index contributed by atoms with van der Waals surface area (Å²) in [6.07, 6.45) is 6.18. The molecule has 0 aliphatic carbocycles. The van der Waals surface area contributed by atoms with Crippen molar-refractivity contribution in [2.45, 2.75) is 38.9 Å². The van der Waals surface area contributed by atoms with Gasteiger partial charge in [0.15, 0.2) is 5.82 Å². The zero-order chi connectivity index (χ0) is 11.8. The highest BCUT2D eigenvalue weighted by molar-refractivity contribution is 5.79. The van der Waals surface area contributed by atoms with Crippen LogP contribution in [-0.4, -0.2) is 21.1 Å². The molecule has 17 heavy (non-hydrogen) atoms. The topological polar surface area (TPSA) is 51.2 Å². The monoisotopic (exact) mass is 229 g/mol. The molecule has 0 saturated carbocycles. The SMILES string of the molecule is CCCC1OC1c1nc(C)c2ccncc2n1. The molecular formula is C13H15N3O. The molecule has 2 unspecified atom stereocenters. The zero-order valence-electron chi connectivity index (χ0n) is 10.1. The van der Waals surface area contributed by atoms with Crippen LogP contribution in [-0.2, 0) is 4.74 Å². The van der Waals surface area contributed by atoms with Gasteiger partial charge in [-0.05, 0) is 19.4 Å². The average Bonchev–Trinajstić information content (AvgIpc) is 3.09. The van der Waals surface area contributed by atoms with E-state index in [-0.39, 0.29) is 6.10 Å². The van der Waals surface area contributed by atoms with Gasteiger partial charge >= 0.3 is 0 Å². The molecule has 0 N–H and O–H groups in total. The van der Waals surface area contributed by atoms with Crippen molar-refractivity contribution in [1.82, 2.24) is 15.0 Å². The van der Waals surface area contributed by atoms with Gasteiger partial charge in [0.05, 0.1) is 17.8 Å². The third-order valence-corrected chi connectivity index (χ3v) is 3.12. The lowest BCUT2D eigenvalue weighted by molar-refractivity contribution is 0.360. The summed E-state index contributed by atoms with van der Waals surface area (Å²) in [6, 6.07) is 1.95. The van der Waals surface area contributed by atoms with Crippen LogP contribution in [0.15, 0.2) is 18.5 Å². The fourth-order valence-electron chi connectivity index (χ4n) is 2.16. The molecule has 4 heteroatoms. The summed E-state index contributed by atoms with van der Waals surface area (Å²) in [5.74, 6) is 0.807. The highest BCUT2D eigenvalue weighted by Gasteiger charge is 2.41. The number of aromatic nitrogens is 3. The van der Waals surface area contributed by atoms with E-state index in [0.717, 1.165) is 35.3 Å². The normalized spacial score (nSPS) is 22.9. The van der Waals surface area contributed by atoms with E-state index in [1.807, 2.05) is 13.0 Å². The predicted molar refractivity (Wildman–Crippen MR) is 64.6 cm³/mol. The van der Waals surface area contributed by atoms with E-state index < -0.39 is 0 Å². The van der Waals surface area contributed by atoms with Gasteiger partial charge < -0.3 is 4.74 Å². The van der Waals surface area contributed by atoms with E-state index in [0.29, 0.717) is 6.10 Å². The second-order valence-electron chi connectivity index (χ2n) is 4.44. The summed E-state index contributed by atoms with van der Waals surface area (Å²) in [5, 5.41) is 1.07. The third kappa shape index (κ3) is 1.89. The molecule has 1 saturated heterocycles. The first-order chi connectivity index (χ1) is 8.29. The van der Waals surface area contributed by atoms with Gasteiger partial charge in [0, 0.05) is 17.3 Å². The van der Waals surface area contributed by atoms with Crippen molar-refractivity contribution < 1.29 is 4.74 Å².